The lowest BCUT2D eigenvalue weighted by Crippen LogP contribution is -2.32. The molecule has 0 N–H and O–H groups in total. The van der Waals surface area contributed by atoms with Gasteiger partial charge in [-0.15, -0.1) is 0 Å². The highest BCUT2D eigenvalue weighted by Gasteiger charge is 2.22. The lowest BCUT2D eigenvalue weighted by Gasteiger charge is -2.24. The van der Waals surface area contributed by atoms with Crippen LogP contribution in [0.25, 0.3) is 11.0 Å². The molecule has 0 fully saturated rings. The first-order chi connectivity index (χ1) is 18.9. The number of para-hydroxylation sites is 2. The molecule has 4 aromatic rings. The Labute approximate surface area is 231 Å². The van der Waals surface area contributed by atoms with Gasteiger partial charge in [-0.1, -0.05) is 38.0 Å². The number of hydrogen-bond donors (Lipinski definition) is 0. The van der Waals surface area contributed by atoms with Gasteiger partial charge in [0.05, 0.1) is 50.0 Å². The number of unbranched alkanes of at least 4 members (excludes halogenated alkanes) is 2. The van der Waals surface area contributed by atoms with Crippen molar-refractivity contribution < 1.29 is 19.0 Å². The lowest BCUT2D eigenvalue weighted by molar-refractivity contribution is 0.0734. The third kappa shape index (κ3) is 6.72. The highest BCUT2D eigenvalue weighted by atomic mass is 16.5. The summed E-state index contributed by atoms with van der Waals surface area (Å²) >= 11 is 0. The van der Waals surface area contributed by atoms with Crippen LogP contribution in [0.2, 0.25) is 0 Å². The summed E-state index contributed by atoms with van der Waals surface area (Å²) < 4.78 is 19.3. The molecule has 1 heterocycles. The van der Waals surface area contributed by atoms with Gasteiger partial charge in [-0.25, -0.2) is 4.98 Å². The molecule has 0 bridgehead atoms. The van der Waals surface area contributed by atoms with E-state index in [9.17, 15) is 4.79 Å². The lowest BCUT2D eigenvalue weighted by atomic mass is 10.1. The van der Waals surface area contributed by atoms with Crippen LogP contribution in [0.1, 0.15) is 61.8 Å². The molecule has 0 aliphatic rings. The van der Waals surface area contributed by atoms with E-state index in [1.54, 1.807) is 14.2 Å². The van der Waals surface area contributed by atoms with Crippen molar-refractivity contribution in [2.24, 2.45) is 0 Å². The maximum Gasteiger partial charge on any atom is 0.254 e. The van der Waals surface area contributed by atoms with Gasteiger partial charge in [0.15, 0.2) is 0 Å². The van der Waals surface area contributed by atoms with Crippen LogP contribution < -0.4 is 14.2 Å². The van der Waals surface area contributed by atoms with Gasteiger partial charge in [-0.3, -0.25) is 4.79 Å². The minimum atomic E-state index is -0.0179. The zero-order valence-corrected chi connectivity index (χ0v) is 23.6. The van der Waals surface area contributed by atoms with Crippen LogP contribution in [0.3, 0.4) is 0 Å². The number of methoxy groups -OCH3 is 2. The van der Waals surface area contributed by atoms with Crippen LogP contribution in [0.4, 0.5) is 0 Å². The van der Waals surface area contributed by atoms with Crippen molar-refractivity contribution in [2.75, 3.05) is 20.8 Å². The molecule has 0 unspecified atom stereocenters. The predicted octanol–water partition coefficient (Wildman–Crippen LogP) is 6.72. The Hall–Kier alpha value is -4.00. The molecule has 7 heteroatoms. The Kier molecular flexibility index (Phi) is 9.47. The van der Waals surface area contributed by atoms with E-state index in [0.717, 1.165) is 58.9 Å². The summed E-state index contributed by atoms with van der Waals surface area (Å²) in [7, 11) is 3.33. The fourth-order valence-electron chi connectivity index (χ4n) is 4.77. The van der Waals surface area contributed by atoms with Gasteiger partial charge in [0.2, 0.25) is 0 Å². The molecule has 7 nitrogen and oxygen atoms in total. The number of carbonyl (C=O) groups is 1. The van der Waals surface area contributed by atoms with Crippen molar-refractivity contribution in [1.29, 1.82) is 0 Å². The van der Waals surface area contributed by atoms with Crippen LogP contribution in [-0.2, 0) is 13.1 Å². The van der Waals surface area contributed by atoms with E-state index in [4.69, 9.17) is 19.2 Å². The maximum atomic E-state index is 13.8. The molecule has 0 radical (unpaired) electrons. The number of benzene rings is 3. The van der Waals surface area contributed by atoms with Crippen LogP contribution in [0, 0.1) is 0 Å². The zero-order chi connectivity index (χ0) is 27.8. The fraction of sp³-hybridized carbons (Fsp3) is 0.375. The second-order valence-electron chi connectivity index (χ2n) is 9.87. The first-order valence-electron chi connectivity index (χ1n) is 13.6. The average molecular weight is 530 g/mol. The molecule has 1 amide bonds. The van der Waals surface area contributed by atoms with E-state index in [1.807, 2.05) is 79.4 Å². The van der Waals surface area contributed by atoms with E-state index in [1.165, 1.54) is 0 Å². The van der Waals surface area contributed by atoms with E-state index in [2.05, 4.69) is 17.6 Å². The van der Waals surface area contributed by atoms with Gasteiger partial charge in [0.1, 0.15) is 23.1 Å². The van der Waals surface area contributed by atoms with Crippen molar-refractivity contribution in [3.05, 3.63) is 83.7 Å². The summed E-state index contributed by atoms with van der Waals surface area (Å²) in [5, 5.41) is 0. The highest BCUT2D eigenvalue weighted by molar-refractivity contribution is 5.94. The topological polar surface area (TPSA) is 65.8 Å². The van der Waals surface area contributed by atoms with Crippen molar-refractivity contribution in [2.45, 2.75) is 59.2 Å². The summed E-state index contributed by atoms with van der Waals surface area (Å²) in [6.07, 6.45) is 3.14. The zero-order valence-electron chi connectivity index (χ0n) is 23.6. The van der Waals surface area contributed by atoms with Gasteiger partial charge in [0.25, 0.3) is 5.91 Å². The molecule has 3 aromatic carbocycles. The number of aromatic nitrogens is 2. The van der Waals surface area contributed by atoms with E-state index in [-0.39, 0.29) is 12.0 Å². The molecular formula is C32H39N3O4. The highest BCUT2D eigenvalue weighted by Crippen LogP contribution is 2.31. The number of rotatable bonds is 13. The molecule has 206 valence electrons. The van der Waals surface area contributed by atoms with Gasteiger partial charge >= 0.3 is 0 Å². The summed E-state index contributed by atoms with van der Waals surface area (Å²) in [5.74, 6) is 3.05. The number of amides is 1. The van der Waals surface area contributed by atoms with Crippen molar-refractivity contribution in [3.63, 3.8) is 0 Å². The molecular weight excluding hydrogens is 490 g/mol. The van der Waals surface area contributed by atoms with E-state index < -0.39 is 0 Å². The molecule has 0 saturated heterocycles. The van der Waals surface area contributed by atoms with Gasteiger partial charge < -0.3 is 23.7 Å². The van der Waals surface area contributed by atoms with Crippen molar-refractivity contribution >= 4 is 16.9 Å². The smallest absolute Gasteiger partial charge is 0.254 e. The molecule has 4 rings (SSSR count). The summed E-state index contributed by atoms with van der Waals surface area (Å²) in [6, 6.07) is 21.3. The Balaban J connectivity index is 1.70. The summed E-state index contributed by atoms with van der Waals surface area (Å²) in [4.78, 5) is 20.7. The predicted molar refractivity (Wildman–Crippen MR) is 155 cm³/mol. The quantitative estimate of drug-likeness (QED) is 0.180. The van der Waals surface area contributed by atoms with Crippen LogP contribution in [0.5, 0.6) is 17.2 Å². The third-order valence-corrected chi connectivity index (χ3v) is 6.70. The first kappa shape index (κ1) is 28.0. The third-order valence-electron chi connectivity index (χ3n) is 6.70. The first-order valence-corrected chi connectivity index (χ1v) is 13.6. The second-order valence-corrected chi connectivity index (χ2v) is 9.87. The van der Waals surface area contributed by atoms with E-state index >= 15 is 0 Å². The van der Waals surface area contributed by atoms with Crippen molar-refractivity contribution in [1.82, 2.24) is 14.5 Å². The number of ether oxygens (including phenoxy) is 3. The number of carbonyl (C=O) groups excluding carboxylic acids is 1. The minimum absolute atomic E-state index is 0.0179. The van der Waals surface area contributed by atoms with Crippen LogP contribution in [0.15, 0.2) is 66.7 Å². The van der Waals surface area contributed by atoms with Crippen LogP contribution in [-0.4, -0.2) is 47.2 Å². The number of imidazole rings is 1. The Morgan fingerprint density at radius 1 is 0.923 bits per heavy atom. The minimum Gasteiger partial charge on any atom is -0.496 e. The van der Waals surface area contributed by atoms with Gasteiger partial charge in [-0.2, -0.15) is 0 Å². The molecule has 0 aliphatic heterocycles. The molecule has 1 aromatic heterocycles. The fourth-order valence-corrected chi connectivity index (χ4v) is 4.77. The number of hydrogen-bond acceptors (Lipinski definition) is 5. The Morgan fingerprint density at radius 3 is 2.26 bits per heavy atom. The van der Waals surface area contributed by atoms with E-state index in [0.29, 0.717) is 25.2 Å². The molecule has 39 heavy (non-hydrogen) atoms. The van der Waals surface area contributed by atoms with Crippen LogP contribution >= 0.6 is 0 Å². The summed E-state index contributed by atoms with van der Waals surface area (Å²) in [5.41, 5.74) is 3.45. The number of nitrogens with zero attached hydrogens (tertiary/aromatic N) is 3. The monoisotopic (exact) mass is 529 g/mol. The average Bonchev–Trinajstić information content (AvgIpc) is 3.29. The van der Waals surface area contributed by atoms with Gasteiger partial charge in [-0.05, 0) is 68.8 Å². The van der Waals surface area contributed by atoms with Gasteiger partial charge in [0, 0.05) is 12.1 Å². The summed E-state index contributed by atoms with van der Waals surface area (Å²) in [6.45, 7) is 7.68. The number of fused-ring (bicyclic) bond motifs is 1. The Morgan fingerprint density at radius 2 is 1.62 bits per heavy atom. The molecule has 0 saturated carbocycles. The maximum absolute atomic E-state index is 13.8. The normalized spacial score (nSPS) is 11.1. The largest absolute Gasteiger partial charge is 0.496 e. The molecule has 0 spiro atoms. The second kappa shape index (κ2) is 13.2. The Bertz CT molecular complexity index is 1360. The SMILES string of the molecule is CCCCCN(Cc1nc2ccccc2n1Cc1c(OC)cccc1OC)C(=O)c1ccc(OC(C)C)cc1. The molecule has 0 aliphatic carbocycles. The molecule has 0 atom stereocenters. The van der Waals surface area contributed by atoms with Crippen molar-refractivity contribution in [3.8, 4) is 17.2 Å². The standard InChI is InChI=1S/C32H39N3O4/c1-6-7-10-20-34(32(36)24-16-18-25(19-17-24)39-23(2)3)22-31-33-27-12-8-9-13-28(27)35(31)21-26-29(37-4)14-11-15-30(26)38-5/h8-9,11-19,23H,6-7,10,20-22H2,1-5H3.